The molecule has 0 radical (unpaired) electrons. The zero-order valence-electron chi connectivity index (χ0n) is 14.4. The maximum Gasteiger partial charge on any atom is 0.443 e. The summed E-state index contributed by atoms with van der Waals surface area (Å²) in [5, 5.41) is 0.0990. The van der Waals surface area contributed by atoms with E-state index in [1.54, 1.807) is 13.1 Å². The molecule has 0 saturated heterocycles. The van der Waals surface area contributed by atoms with Crippen LogP contribution in [0.1, 0.15) is 26.8 Å². The normalized spacial score (nSPS) is 14.6. The van der Waals surface area contributed by atoms with Crippen molar-refractivity contribution in [2.24, 2.45) is 5.73 Å². The highest BCUT2D eigenvalue weighted by Crippen LogP contribution is 2.36. The maximum atomic E-state index is 13.0. The summed E-state index contributed by atoms with van der Waals surface area (Å²) in [5.74, 6) is 0. The number of thiazole rings is 1. The van der Waals surface area contributed by atoms with Gasteiger partial charge in [0.1, 0.15) is 5.65 Å². The van der Waals surface area contributed by atoms with E-state index in [0.717, 1.165) is 16.6 Å². The molecular formula is C17H16F3N5OS. The minimum Gasteiger partial charge on any atom is -0.351 e. The van der Waals surface area contributed by atoms with E-state index in [1.807, 2.05) is 16.7 Å². The molecule has 3 aromatic rings. The van der Waals surface area contributed by atoms with Crippen LogP contribution >= 0.6 is 11.3 Å². The minimum absolute atomic E-state index is 0.217. The molecule has 0 spiro atoms. The molecule has 4 rings (SSSR count). The quantitative estimate of drug-likeness (QED) is 0.723. The van der Waals surface area contributed by atoms with Gasteiger partial charge in [0.05, 0.1) is 18.8 Å². The summed E-state index contributed by atoms with van der Waals surface area (Å²) in [7, 11) is 0. The maximum absolute atomic E-state index is 13.0. The second-order valence-electron chi connectivity index (χ2n) is 6.42. The smallest absolute Gasteiger partial charge is 0.351 e. The molecule has 0 atom stereocenters. The number of rotatable bonds is 2. The second-order valence-corrected chi connectivity index (χ2v) is 7.50. The van der Waals surface area contributed by atoms with Crippen molar-refractivity contribution in [1.82, 2.24) is 19.4 Å². The first-order valence-corrected chi connectivity index (χ1v) is 9.10. The highest BCUT2D eigenvalue weighted by molar-refractivity contribution is 7.11. The van der Waals surface area contributed by atoms with Crippen LogP contribution in [-0.4, -0.2) is 32.0 Å². The highest BCUT2D eigenvalue weighted by Gasteiger charge is 2.36. The van der Waals surface area contributed by atoms with E-state index in [0.29, 0.717) is 47.1 Å². The summed E-state index contributed by atoms with van der Waals surface area (Å²) >= 11 is 0.641. The third-order valence-electron chi connectivity index (χ3n) is 4.76. The molecule has 6 nitrogen and oxygen atoms in total. The number of carbonyl (C=O) groups excluding carboxylic acids is 1. The van der Waals surface area contributed by atoms with E-state index in [-0.39, 0.29) is 6.54 Å². The van der Waals surface area contributed by atoms with Crippen LogP contribution in [0.25, 0.3) is 11.0 Å². The summed E-state index contributed by atoms with van der Waals surface area (Å²) < 4.78 is 40.9. The Hall–Kier alpha value is -2.62. The van der Waals surface area contributed by atoms with Crippen LogP contribution in [0.15, 0.2) is 18.3 Å². The molecule has 1 aliphatic rings. The Morgan fingerprint density at radius 1 is 1.41 bits per heavy atom. The van der Waals surface area contributed by atoms with Gasteiger partial charge in [0, 0.05) is 28.7 Å². The van der Waals surface area contributed by atoms with Gasteiger partial charge in [-0.15, -0.1) is 11.3 Å². The standard InChI is InChI=1S/C17H16F3N5OS/c1-9-13(27-15(23-9)17(18,19)20)8-25-12-7-24(16(21)26)6-4-10(12)11-3-2-5-22-14(11)25/h2-3,5H,4,6-8H2,1H3,(H2,21,26). The van der Waals surface area contributed by atoms with E-state index in [1.165, 1.54) is 4.90 Å². The Morgan fingerprint density at radius 2 is 2.19 bits per heavy atom. The summed E-state index contributed by atoms with van der Waals surface area (Å²) in [4.78, 5) is 21.8. The van der Waals surface area contributed by atoms with Gasteiger partial charge in [-0.05, 0) is 31.0 Å². The van der Waals surface area contributed by atoms with E-state index >= 15 is 0 Å². The predicted molar refractivity (Wildman–Crippen MR) is 94.4 cm³/mol. The van der Waals surface area contributed by atoms with Crippen molar-refractivity contribution >= 4 is 28.4 Å². The average Bonchev–Trinajstić information content (AvgIpc) is 3.14. The van der Waals surface area contributed by atoms with Gasteiger partial charge < -0.3 is 15.2 Å². The van der Waals surface area contributed by atoms with E-state index in [9.17, 15) is 18.0 Å². The van der Waals surface area contributed by atoms with Crippen molar-refractivity contribution in [1.29, 1.82) is 0 Å². The van der Waals surface area contributed by atoms with Crippen molar-refractivity contribution < 1.29 is 18.0 Å². The number of hydrogen-bond donors (Lipinski definition) is 1. The van der Waals surface area contributed by atoms with Crippen LogP contribution in [0, 0.1) is 6.92 Å². The molecule has 0 aromatic carbocycles. The number of carbonyl (C=O) groups is 1. The van der Waals surface area contributed by atoms with Gasteiger partial charge >= 0.3 is 12.2 Å². The third-order valence-corrected chi connectivity index (χ3v) is 5.95. The van der Waals surface area contributed by atoms with Crippen LogP contribution in [0.5, 0.6) is 0 Å². The molecular weight excluding hydrogens is 379 g/mol. The fourth-order valence-electron chi connectivity index (χ4n) is 3.46. The lowest BCUT2D eigenvalue weighted by Gasteiger charge is -2.26. The number of hydrogen-bond acceptors (Lipinski definition) is 4. The van der Waals surface area contributed by atoms with Gasteiger partial charge in [0.2, 0.25) is 0 Å². The Bertz CT molecular complexity index is 1040. The number of urea groups is 1. The fraction of sp³-hybridized carbons (Fsp3) is 0.353. The first kappa shape index (κ1) is 17.8. The summed E-state index contributed by atoms with van der Waals surface area (Å²) in [5.41, 5.74) is 8.38. The first-order chi connectivity index (χ1) is 12.8. The van der Waals surface area contributed by atoms with Gasteiger partial charge in [-0.2, -0.15) is 13.2 Å². The Balaban J connectivity index is 1.82. The summed E-state index contributed by atoms with van der Waals surface area (Å²) in [6, 6.07) is 3.25. The van der Waals surface area contributed by atoms with E-state index in [2.05, 4.69) is 9.97 Å². The minimum atomic E-state index is -4.47. The zero-order valence-corrected chi connectivity index (χ0v) is 15.2. The third kappa shape index (κ3) is 3.03. The molecule has 10 heteroatoms. The first-order valence-electron chi connectivity index (χ1n) is 8.28. The fourth-order valence-corrected chi connectivity index (χ4v) is 4.38. The number of nitrogens with two attached hydrogens (primary N) is 1. The van der Waals surface area contributed by atoms with E-state index in [4.69, 9.17) is 5.73 Å². The van der Waals surface area contributed by atoms with Crippen LogP contribution in [0.3, 0.4) is 0 Å². The lowest BCUT2D eigenvalue weighted by Crippen LogP contribution is -2.40. The molecule has 0 bridgehead atoms. The van der Waals surface area contributed by atoms with Crippen molar-refractivity contribution in [2.75, 3.05) is 6.54 Å². The molecule has 0 aliphatic carbocycles. The molecule has 3 aromatic heterocycles. The molecule has 27 heavy (non-hydrogen) atoms. The van der Waals surface area contributed by atoms with Gasteiger partial charge in [0.15, 0.2) is 5.01 Å². The van der Waals surface area contributed by atoms with Crippen molar-refractivity contribution in [3.8, 4) is 0 Å². The summed E-state index contributed by atoms with van der Waals surface area (Å²) in [6.07, 6.45) is -2.19. The van der Waals surface area contributed by atoms with Gasteiger partial charge in [-0.25, -0.2) is 14.8 Å². The monoisotopic (exact) mass is 395 g/mol. The number of amides is 2. The molecule has 4 heterocycles. The van der Waals surface area contributed by atoms with Crippen LogP contribution in [0.2, 0.25) is 0 Å². The van der Waals surface area contributed by atoms with E-state index < -0.39 is 17.2 Å². The number of nitrogens with zero attached hydrogens (tertiary/aromatic N) is 4. The van der Waals surface area contributed by atoms with Gasteiger partial charge in [0.25, 0.3) is 0 Å². The molecule has 0 fully saturated rings. The van der Waals surface area contributed by atoms with Crippen LogP contribution in [0.4, 0.5) is 18.0 Å². The number of pyridine rings is 1. The van der Waals surface area contributed by atoms with Gasteiger partial charge in [-0.1, -0.05) is 0 Å². The highest BCUT2D eigenvalue weighted by atomic mass is 32.1. The Labute approximate surface area is 156 Å². The molecule has 2 N–H and O–H groups in total. The largest absolute Gasteiger partial charge is 0.443 e. The summed E-state index contributed by atoms with van der Waals surface area (Å²) in [6.45, 7) is 2.61. The predicted octanol–water partition coefficient (Wildman–Crippen LogP) is 3.31. The van der Waals surface area contributed by atoms with Crippen LogP contribution in [-0.2, 0) is 25.7 Å². The second kappa shape index (κ2) is 6.22. The van der Waals surface area contributed by atoms with Crippen molar-refractivity contribution in [3.05, 3.63) is 45.2 Å². The number of primary amides is 1. The lowest BCUT2D eigenvalue weighted by molar-refractivity contribution is -0.137. The SMILES string of the molecule is Cc1nc(C(F)(F)F)sc1Cn1c2c(c3cccnc31)CCN(C(N)=O)C2. The lowest BCUT2D eigenvalue weighted by atomic mass is 10.0. The molecule has 142 valence electrons. The Morgan fingerprint density at radius 3 is 2.85 bits per heavy atom. The average molecular weight is 395 g/mol. The zero-order chi connectivity index (χ0) is 19.3. The molecule has 1 aliphatic heterocycles. The number of halogens is 3. The topological polar surface area (TPSA) is 77.0 Å². The number of fused-ring (bicyclic) bond motifs is 3. The molecule has 0 saturated carbocycles. The van der Waals surface area contributed by atoms with Crippen molar-refractivity contribution in [2.45, 2.75) is 32.6 Å². The van der Waals surface area contributed by atoms with Crippen molar-refractivity contribution in [3.63, 3.8) is 0 Å². The van der Waals surface area contributed by atoms with Crippen LogP contribution < -0.4 is 5.73 Å². The number of aryl methyl sites for hydroxylation is 1. The number of aromatic nitrogens is 3. The molecule has 0 unspecified atom stereocenters. The Kier molecular flexibility index (Phi) is 4.10. The molecule has 2 amide bonds. The number of alkyl halides is 3. The van der Waals surface area contributed by atoms with Gasteiger partial charge in [-0.3, -0.25) is 0 Å².